The van der Waals surface area contributed by atoms with Gasteiger partial charge < -0.3 is 14.2 Å². The Balaban J connectivity index is 1.67. The van der Waals surface area contributed by atoms with E-state index in [1.807, 2.05) is 0 Å². The lowest BCUT2D eigenvalue weighted by molar-refractivity contribution is -0.122. The molecular weight excluding hydrogens is 382 g/mol. The van der Waals surface area contributed by atoms with Crippen LogP contribution in [0.4, 0.5) is 0 Å². The Kier molecular flexibility index (Phi) is 8.04. The van der Waals surface area contributed by atoms with E-state index in [0.29, 0.717) is 17.2 Å². The number of thiocarbonyl (C=S) groups is 1. The normalized spacial score (nSPS) is 9.79. The number of hydrogen-bond donors (Lipinski definition) is 3. The molecule has 0 fully saturated rings. The van der Waals surface area contributed by atoms with Crippen molar-refractivity contribution in [1.82, 2.24) is 16.2 Å². The summed E-state index contributed by atoms with van der Waals surface area (Å²) in [6.07, 6.45) is 0.147. The van der Waals surface area contributed by atoms with Gasteiger partial charge in [0.2, 0.25) is 5.91 Å². The predicted octanol–water partition coefficient (Wildman–Crippen LogP) is 1.35. The maximum atomic E-state index is 11.9. The topological polar surface area (TPSA) is 97.9 Å². The molecule has 0 saturated heterocycles. The third kappa shape index (κ3) is 7.12. The van der Waals surface area contributed by atoms with Crippen LogP contribution >= 0.6 is 12.2 Å². The summed E-state index contributed by atoms with van der Waals surface area (Å²) >= 11 is 4.96. The number of hydrogen-bond acceptors (Lipinski definition) is 6. The minimum absolute atomic E-state index is 0.0357. The van der Waals surface area contributed by atoms with Gasteiger partial charge in [-0.25, -0.2) is 0 Å². The van der Waals surface area contributed by atoms with Gasteiger partial charge in [-0.1, -0.05) is 12.1 Å². The molecule has 0 radical (unpaired) electrons. The van der Waals surface area contributed by atoms with E-state index in [-0.39, 0.29) is 24.0 Å². The molecule has 0 aromatic heterocycles. The smallest absolute Gasteiger partial charge is 0.264 e. The highest BCUT2D eigenvalue weighted by Crippen LogP contribution is 2.16. The minimum atomic E-state index is -0.460. The highest BCUT2D eigenvalue weighted by Gasteiger charge is 2.08. The molecular formula is C19H21N3O5S. The van der Waals surface area contributed by atoms with Gasteiger partial charge >= 0.3 is 0 Å². The average Bonchev–Trinajstić information content (AvgIpc) is 2.71. The summed E-state index contributed by atoms with van der Waals surface area (Å²) in [5.41, 5.74) is 5.70. The van der Waals surface area contributed by atoms with Gasteiger partial charge in [0.05, 0.1) is 20.6 Å². The van der Waals surface area contributed by atoms with Crippen LogP contribution in [0.25, 0.3) is 0 Å². The van der Waals surface area contributed by atoms with Crippen LogP contribution in [0.1, 0.15) is 5.56 Å². The number of ether oxygens (including phenoxy) is 3. The molecule has 3 N–H and O–H groups in total. The molecule has 9 heteroatoms. The molecule has 0 spiro atoms. The molecule has 8 nitrogen and oxygen atoms in total. The zero-order chi connectivity index (χ0) is 20.4. The van der Waals surface area contributed by atoms with E-state index < -0.39 is 5.91 Å². The summed E-state index contributed by atoms with van der Waals surface area (Å²) in [6, 6.07) is 13.9. The van der Waals surface area contributed by atoms with E-state index in [9.17, 15) is 9.59 Å². The fourth-order valence-electron chi connectivity index (χ4n) is 2.11. The second-order valence-corrected chi connectivity index (χ2v) is 5.95. The number of amides is 2. The Morgan fingerprint density at radius 2 is 1.36 bits per heavy atom. The van der Waals surface area contributed by atoms with Crippen LogP contribution in [0.15, 0.2) is 48.5 Å². The lowest BCUT2D eigenvalue weighted by atomic mass is 10.1. The molecule has 2 amide bonds. The van der Waals surface area contributed by atoms with Gasteiger partial charge in [0.1, 0.15) is 17.2 Å². The third-order valence-electron chi connectivity index (χ3n) is 3.52. The van der Waals surface area contributed by atoms with Crippen molar-refractivity contribution in [3.63, 3.8) is 0 Å². The van der Waals surface area contributed by atoms with Crippen LogP contribution in [0, 0.1) is 0 Å². The van der Waals surface area contributed by atoms with Crippen LogP contribution in [0.5, 0.6) is 17.2 Å². The SMILES string of the molecule is COc1ccc(CC(=O)NNC(=S)NC(=O)COc2ccc(OC)cc2)cc1. The van der Waals surface area contributed by atoms with Gasteiger partial charge in [-0.2, -0.15) is 0 Å². The van der Waals surface area contributed by atoms with Crippen LogP contribution in [-0.2, 0) is 16.0 Å². The second-order valence-electron chi connectivity index (χ2n) is 5.54. The van der Waals surface area contributed by atoms with Crippen LogP contribution in [0.2, 0.25) is 0 Å². The first kappa shape index (κ1) is 21.0. The number of hydrazine groups is 1. The lowest BCUT2D eigenvalue weighted by Gasteiger charge is -2.11. The van der Waals surface area contributed by atoms with Gasteiger partial charge in [-0.3, -0.25) is 25.8 Å². The number of rotatable bonds is 7. The summed E-state index contributed by atoms with van der Waals surface area (Å²) in [6.45, 7) is -0.228. The molecule has 2 aromatic carbocycles. The van der Waals surface area contributed by atoms with Crippen LogP contribution < -0.4 is 30.4 Å². The molecule has 28 heavy (non-hydrogen) atoms. The van der Waals surface area contributed by atoms with E-state index >= 15 is 0 Å². The van der Waals surface area contributed by atoms with Gasteiger partial charge in [-0.05, 0) is 54.2 Å². The van der Waals surface area contributed by atoms with Crippen molar-refractivity contribution < 1.29 is 23.8 Å². The number of carbonyl (C=O) groups excluding carboxylic acids is 2. The van der Waals surface area contributed by atoms with E-state index in [0.717, 1.165) is 5.56 Å². The van der Waals surface area contributed by atoms with Crippen molar-refractivity contribution in [2.75, 3.05) is 20.8 Å². The van der Waals surface area contributed by atoms with Gasteiger partial charge in [0, 0.05) is 0 Å². The van der Waals surface area contributed by atoms with E-state index in [1.54, 1.807) is 62.8 Å². The zero-order valence-corrected chi connectivity index (χ0v) is 16.3. The largest absolute Gasteiger partial charge is 0.497 e. The third-order valence-corrected chi connectivity index (χ3v) is 3.73. The summed E-state index contributed by atoms with van der Waals surface area (Å²) in [4.78, 5) is 23.7. The standard InChI is InChI=1S/C19H21N3O5S/c1-25-14-5-3-13(4-6-14)11-17(23)21-22-19(28)20-18(24)12-27-16-9-7-15(26-2)8-10-16/h3-10H,11-12H2,1-2H3,(H,21,23)(H2,20,22,24,28). The van der Waals surface area contributed by atoms with Crippen LogP contribution in [0.3, 0.4) is 0 Å². The molecule has 2 aromatic rings. The van der Waals surface area contributed by atoms with Gasteiger partial charge in [0.25, 0.3) is 5.91 Å². The molecule has 0 aliphatic carbocycles. The van der Waals surface area contributed by atoms with E-state index in [1.165, 1.54) is 0 Å². The highest BCUT2D eigenvalue weighted by molar-refractivity contribution is 7.80. The van der Waals surface area contributed by atoms with E-state index in [2.05, 4.69) is 16.2 Å². The van der Waals surface area contributed by atoms with Crippen molar-refractivity contribution in [2.24, 2.45) is 0 Å². The molecule has 0 aliphatic heterocycles. The average molecular weight is 403 g/mol. The fraction of sp³-hybridized carbons (Fsp3) is 0.211. The molecule has 2 rings (SSSR count). The number of carbonyl (C=O) groups is 2. The number of methoxy groups -OCH3 is 2. The summed E-state index contributed by atoms with van der Waals surface area (Å²) < 4.78 is 15.4. The second kappa shape index (κ2) is 10.7. The Morgan fingerprint density at radius 1 is 0.821 bits per heavy atom. The highest BCUT2D eigenvalue weighted by atomic mass is 32.1. The van der Waals surface area contributed by atoms with Gasteiger partial charge in [0.15, 0.2) is 11.7 Å². The molecule has 0 aliphatic rings. The molecule has 0 unspecified atom stereocenters. The minimum Gasteiger partial charge on any atom is -0.497 e. The first-order valence-corrected chi connectivity index (χ1v) is 8.69. The first-order chi connectivity index (χ1) is 13.5. The van der Waals surface area contributed by atoms with Crippen LogP contribution in [-0.4, -0.2) is 37.8 Å². The fourth-order valence-corrected chi connectivity index (χ4v) is 2.28. The zero-order valence-electron chi connectivity index (χ0n) is 15.5. The summed E-state index contributed by atoms with van der Waals surface area (Å²) in [5.74, 6) is 1.15. The van der Waals surface area contributed by atoms with Gasteiger partial charge in [-0.15, -0.1) is 0 Å². The Bertz CT molecular complexity index is 809. The quantitative estimate of drug-likeness (QED) is 0.474. The Hall–Kier alpha value is -3.33. The summed E-state index contributed by atoms with van der Waals surface area (Å²) in [5, 5.41) is 2.37. The first-order valence-electron chi connectivity index (χ1n) is 8.28. The van der Waals surface area contributed by atoms with Crippen molar-refractivity contribution in [1.29, 1.82) is 0 Å². The Morgan fingerprint density at radius 3 is 1.93 bits per heavy atom. The summed E-state index contributed by atoms with van der Waals surface area (Å²) in [7, 11) is 3.13. The predicted molar refractivity (Wildman–Crippen MR) is 107 cm³/mol. The van der Waals surface area contributed by atoms with E-state index in [4.69, 9.17) is 26.4 Å². The molecule has 0 heterocycles. The molecule has 148 valence electrons. The lowest BCUT2D eigenvalue weighted by Crippen LogP contribution is -2.49. The Labute approximate surface area is 168 Å². The number of benzene rings is 2. The maximum Gasteiger partial charge on any atom is 0.264 e. The van der Waals surface area contributed by atoms with Crippen molar-refractivity contribution in [3.05, 3.63) is 54.1 Å². The molecule has 0 saturated carbocycles. The number of nitrogens with one attached hydrogen (secondary N) is 3. The monoisotopic (exact) mass is 403 g/mol. The molecule has 0 bridgehead atoms. The molecule has 0 atom stereocenters. The van der Waals surface area contributed by atoms with Crippen molar-refractivity contribution >= 4 is 29.1 Å². The maximum absolute atomic E-state index is 11.9. The van der Waals surface area contributed by atoms with Crippen molar-refractivity contribution in [2.45, 2.75) is 6.42 Å². The van der Waals surface area contributed by atoms with Crippen molar-refractivity contribution in [3.8, 4) is 17.2 Å².